The van der Waals surface area contributed by atoms with Crippen LogP contribution in [-0.4, -0.2) is 46.6 Å². The minimum absolute atomic E-state index is 0.0978. The maximum absolute atomic E-state index is 12.7. The first kappa shape index (κ1) is 23.0. The second-order valence-corrected chi connectivity index (χ2v) is 9.22. The number of hydrogen-bond donors (Lipinski definition) is 1. The van der Waals surface area contributed by atoms with Gasteiger partial charge in [0, 0.05) is 30.0 Å². The van der Waals surface area contributed by atoms with Crippen molar-refractivity contribution in [2.75, 3.05) is 36.2 Å². The first-order valence-corrected chi connectivity index (χ1v) is 12.6. The number of benzene rings is 2. The number of carbonyl (C=O) groups is 1. The van der Waals surface area contributed by atoms with Crippen molar-refractivity contribution in [2.24, 2.45) is 0 Å². The Balaban J connectivity index is 1.28. The maximum atomic E-state index is 12.7. The molecule has 4 aromatic rings. The third-order valence-electron chi connectivity index (χ3n) is 5.89. The van der Waals surface area contributed by atoms with Gasteiger partial charge in [-0.1, -0.05) is 23.9 Å². The predicted molar refractivity (Wildman–Crippen MR) is 137 cm³/mol. The Morgan fingerprint density at radius 1 is 1.09 bits per heavy atom. The first-order chi connectivity index (χ1) is 17.2. The lowest BCUT2D eigenvalue weighted by molar-refractivity contribution is -0.113. The number of ether oxygens (including phenoxy) is 1. The van der Waals surface area contributed by atoms with Crippen LogP contribution in [-0.2, 0) is 11.3 Å². The van der Waals surface area contributed by atoms with Gasteiger partial charge in [0.2, 0.25) is 5.91 Å². The van der Waals surface area contributed by atoms with E-state index in [1.54, 1.807) is 13.4 Å². The molecule has 2 aromatic heterocycles. The Hall–Kier alpha value is -3.72. The molecule has 0 radical (unpaired) electrons. The van der Waals surface area contributed by atoms with Crippen LogP contribution in [0, 0.1) is 0 Å². The molecule has 0 saturated carbocycles. The molecule has 2 aromatic carbocycles. The molecular formula is C26H27N5O3S. The summed E-state index contributed by atoms with van der Waals surface area (Å²) in [6.07, 6.45) is 4.11. The highest BCUT2D eigenvalue weighted by Gasteiger charge is 2.18. The fourth-order valence-corrected chi connectivity index (χ4v) is 4.87. The minimum atomic E-state index is -0.0978. The highest BCUT2D eigenvalue weighted by Crippen LogP contribution is 2.28. The number of nitrogens with zero attached hydrogens (tertiary/aromatic N) is 4. The molecule has 0 bridgehead atoms. The molecule has 3 heterocycles. The van der Waals surface area contributed by atoms with Gasteiger partial charge in [0.1, 0.15) is 11.5 Å². The lowest BCUT2D eigenvalue weighted by Gasteiger charge is -2.17. The number of anilines is 2. The summed E-state index contributed by atoms with van der Waals surface area (Å²) in [4.78, 5) is 15.0. The molecule has 1 N–H and O–H groups in total. The van der Waals surface area contributed by atoms with E-state index >= 15 is 0 Å². The van der Waals surface area contributed by atoms with Gasteiger partial charge in [-0.3, -0.25) is 9.36 Å². The number of carbonyl (C=O) groups excluding carboxylic acids is 1. The molecule has 0 unspecified atom stereocenters. The van der Waals surface area contributed by atoms with Gasteiger partial charge in [-0.15, -0.1) is 10.2 Å². The van der Waals surface area contributed by atoms with Crippen LogP contribution in [0.4, 0.5) is 11.4 Å². The number of nitrogens with one attached hydrogen (secondary N) is 1. The first-order valence-electron chi connectivity index (χ1n) is 11.6. The van der Waals surface area contributed by atoms with Crippen LogP contribution >= 0.6 is 11.8 Å². The van der Waals surface area contributed by atoms with E-state index in [1.807, 2.05) is 53.1 Å². The standard InChI is InChI=1S/C26H27N5O3S/c1-33-22-7-4-6-19(16-22)25-28-29-26(31(25)17-23-8-5-15-34-23)35-18-24(32)27-20-9-11-21(12-10-20)30-13-2-3-14-30/h4-12,15-16H,2-3,13-14,17-18H2,1H3,(H,27,32). The molecule has 180 valence electrons. The number of rotatable bonds is 9. The van der Waals surface area contributed by atoms with Gasteiger partial charge < -0.3 is 19.4 Å². The summed E-state index contributed by atoms with van der Waals surface area (Å²) in [6, 6.07) is 19.5. The zero-order valence-corrected chi connectivity index (χ0v) is 20.3. The van der Waals surface area contributed by atoms with E-state index < -0.39 is 0 Å². The van der Waals surface area contributed by atoms with Crippen LogP contribution in [0.5, 0.6) is 5.75 Å². The van der Waals surface area contributed by atoms with Crippen molar-refractivity contribution in [3.8, 4) is 17.1 Å². The van der Waals surface area contributed by atoms with Gasteiger partial charge in [-0.05, 0) is 61.4 Å². The van der Waals surface area contributed by atoms with Gasteiger partial charge >= 0.3 is 0 Å². The van der Waals surface area contributed by atoms with Crippen molar-refractivity contribution in [3.63, 3.8) is 0 Å². The molecular weight excluding hydrogens is 462 g/mol. The minimum Gasteiger partial charge on any atom is -0.497 e. The van der Waals surface area contributed by atoms with Crippen LogP contribution in [0.15, 0.2) is 76.5 Å². The Labute approximate surface area is 208 Å². The molecule has 0 atom stereocenters. The second-order valence-electron chi connectivity index (χ2n) is 8.28. The van der Waals surface area contributed by atoms with Gasteiger partial charge in [0.15, 0.2) is 11.0 Å². The Morgan fingerprint density at radius 3 is 2.66 bits per heavy atom. The average Bonchev–Trinajstić information content (AvgIpc) is 3.67. The predicted octanol–water partition coefficient (Wildman–Crippen LogP) is 4.93. The largest absolute Gasteiger partial charge is 0.497 e. The van der Waals surface area contributed by atoms with Crippen LogP contribution in [0.25, 0.3) is 11.4 Å². The second kappa shape index (κ2) is 10.7. The van der Waals surface area contributed by atoms with Gasteiger partial charge in [0.05, 0.1) is 25.7 Å². The summed E-state index contributed by atoms with van der Waals surface area (Å²) in [7, 11) is 1.63. The van der Waals surface area contributed by atoms with Gasteiger partial charge in [0.25, 0.3) is 0 Å². The number of furan rings is 1. The van der Waals surface area contributed by atoms with Crippen LogP contribution in [0.1, 0.15) is 18.6 Å². The number of aromatic nitrogens is 3. The van der Waals surface area contributed by atoms with Gasteiger partial charge in [-0.25, -0.2) is 0 Å². The fourth-order valence-electron chi connectivity index (χ4n) is 4.13. The molecule has 1 amide bonds. The molecule has 1 fully saturated rings. The van der Waals surface area contributed by atoms with E-state index in [9.17, 15) is 4.79 Å². The van der Waals surface area contributed by atoms with Crippen molar-refractivity contribution in [3.05, 3.63) is 72.7 Å². The molecule has 1 saturated heterocycles. The summed E-state index contributed by atoms with van der Waals surface area (Å²) < 4.78 is 12.9. The van der Waals surface area contributed by atoms with Crippen molar-refractivity contribution < 1.29 is 13.9 Å². The van der Waals surface area contributed by atoms with E-state index in [2.05, 4.69) is 32.5 Å². The smallest absolute Gasteiger partial charge is 0.234 e. The van der Waals surface area contributed by atoms with Crippen molar-refractivity contribution >= 4 is 29.0 Å². The van der Waals surface area contributed by atoms with E-state index in [0.717, 1.165) is 35.9 Å². The number of methoxy groups -OCH3 is 1. The van der Waals surface area contributed by atoms with E-state index in [0.29, 0.717) is 17.5 Å². The monoisotopic (exact) mass is 489 g/mol. The van der Waals surface area contributed by atoms with Crippen molar-refractivity contribution in [1.29, 1.82) is 0 Å². The molecule has 1 aliphatic heterocycles. The van der Waals surface area contributed by atoms with Crippen LogP contribution in [0.2, 0.25) is 0 Å². The highest BCUT2D eigenvalue weighted by molar-refractivity contribution is 7.99. The normalized spacial score (nSPS) is 13.2. The summed E-state index contributed by atoms with van der Waals surface area (Å²) in [5.74, 6) is 2.31. The zero-order chi connectivity index (χ0) is 24.0. The van der Waals surface area contributed by atoms with E-state index in [4.69, 9.17) is 9.15 Å². The summed E-state index contributed by atoms with van der Waals surface area (Å²) in [5.41, 5.74) is 2.86. The Morgan fingerprint density at radius 2 is 1.91 bits per heavy atom. The maximum Gasteiger partial charge on any atom is 0.234 e. The Kier molecular flexibility index (Phi) is 7.04. The third kappa shape index (κ3) is 5.51. The summed E-state index contributed by atoms with van der Waals surface area (Å²) in [5, 5.41) is 12.4. The highest BCUT2D eigenvalue weighted by atomic mass is 32.2. The fraction of sp³-hybridized carbons (Fsp3) is 0.269. The van der Waals surface area contributed by atoms with Crippen molar-refractivity contribution in [1.82, 2.24) is 14.8 Å². The lowest BCUT2D eigenvalue weighted by Crippen LogP contribution is -2.18. The quantitative estimate of drug-likeness (QED) is 0.334. The van der Waals surface area contributed by atoms with Crippen LogP contribution < -0.4 is 15.0 Å². The molecule has 8 nitrogen and oxygen atoms in total. The average molecular weight is 490 g/mol. The van der Waals surface area contributed by atoms with E-state index in [1.165, 1.54) is 30.3 Å². The zero-order valence-electron chi connectivity index (χ0n) is 19.5. The lowest BCUT2D eigenvalue weighted by atomic mass is 10.2. The number of hydrogen-bond acceptors (Lipinski definition) is 7. The molecule has 5 rings (SSSR count). The third-order valence-corrected chi connectivity index (χ3v) is 6.86. The molecule has 9 heteroatoms. The van der Waals surface area contributed by atoms with Gasteiger partial charge in [-0.2, -0.15) is 0 Å². The number of thioether (sulfide) groups is 1. The number of amides is 1. The Bertz CT molecular complexity index is 1260. The van der Waals surface area contributed by atoms with E-state index in [-0.39, 0.29) is 11.7 Å². The topological polar surface area (TPSA) is 85.4 Å². The SMILES string of the molecule is COc1cccc(-c2nnc(SCC(=O)Nc3ccc(N4CCCC4)cc3)n2Cc2ccco2)c1. The molecule has 0 spiro atoms. The molecule has 0 aliphatic carbocycles. The molecule has 35 heavy (non-hydrogen) atoms. The summed E-state index contributed by atoms with van der Waals surface area (Å²) in [6.45, 7) is 2.64. The molecule has 1 aliphatic rings. The van der Waals surface area contributed by atoms with Crippen molar-refractivity contribution in [2.45, 2.75) is 24.5 Å². The van der Waals surface area contributed by atoms with Crippen LogP contribution in [0.3, 0.4) is 0 Å². The summed E-state index contributed by atoms with van der Waals surface area (Å²) >= 11 is 1.34.